The van der Waals surface area contributed by atoms with Gasteiger partial charge >= 0.3 is 0 Å². The number of aliphatic hydroxyl groups is 1. The minimum Gasteiger partial charge on any atom is -0.375 e. The summed E-state index contributed by atoms with van der Waals surface area (Å²) in [5, 5.41) is 12.5. The molecule has 4 aromatic carbocycles. The van der Waals surface area contributed by atoms with Crippen LogP contribution >= 0.6 is 0 Å². The molecule has 1 heterocycles. The number of benzene rings is 4. The zero-order chi connectivity index (χ0) is 24.3. The molecule has 0 saturated heterocycles. The van der Waals surface area contributed by atoms with Gasteiger partial charge in [-0.2, -0.15) is 0 Å². The summed E-state index contributed by atoms with van der Waals surface area (Å²) in [6.45, 7) is 2.38. The molecule has 1 atom stereocenters. The Hall–Kier alpha value is -4.15. The fourth-order valence-corrected chi connectivity index (χ4v) is 4.66. The lowest BCUT2D eigenvalue weighted by Crippen LogP contribution is -2.42. The first-order chi connectivity index (χ1) is 17.1. The minimum atomic E-state index is -1.36. The van der Waals surface area contributed by atoms with Gasteiger partial charge in [-0.05, 0) is 36.2 Å². The second-order valence-electron chi connectivity index (χ2n) is 8.93. The molecule has 35 heavy (non-hydrogen) atoms. The molecule has 5 rings (SSSR count). The van der Waals surface area contributed by atoms with Crippen LogP contribution in [0, 0.1) is 6.92 Å². The van der Waals surface area contributed by atoms with Gasteiger partial charge in [0.05, 0.1) is 12.2 Å². The molecule has 0 aliphatic rings. The lowest BCUT2D eigenvalue weighted by Gasteiger charge is -2.34. The number of rotatable bonds is 7. The van der Waals surface area contributed by atoms with Crippen LogP contribution in [0.2, 0.25) is 0 Å². The third-order valence-corrected chi connectivity index (χ3v) is 6.42. The van der Waals surface area contributed by atoms with E-state index in [2.05, 4.69) is 29.2 Å². The lowest BCUT2D eigenvalue weighted by atomic mass is 9.90. The molecular weight excluding hydrogens is 430 g/mol. The third-order valence-electron chi connectivity index (χ3n) is 6.42. The number of anilines is 1. The number of aromatic nitrogens is 2. The number of nitrogens with zero attached hydrogens (tertiary/aromatic N) is 3. The SMILES string of the molecule is Cc1cccc(C(O)(CN(C)c2ccccc2)c2nccn2-c2ccccc2-c2ccccc2)c1. The van der Waals surface area contributed by atoms with E-state index in [1.54, 1.807) is 6.20 Å². The van der Waals surface area contributed by atoms with E-state index in [9.17, 15) is 5.11 Å². The van der Waals surface area contributed by atoms with Gasteiger partial charge < -0.3 is 14.6 Å². The van der Waals surface area contributed by atoms with E-state index in [4.69, 9.17) is 4.98 Å². The molecule has 1 unspecified atom stereocenters. The lowest BCUT2D eigenvalue weighted by molar-refractivity contribution is 0.0777. The summed E-state index contributed by atoms with van der Waals surface area (Å²) in [7, 11) is 2.00. The predicted octanol–water partition coefficient (Wildman–Crippen LogP) is 6.22. The Balaban J connectivity index is 1.66. The van der Waals surface area contributed by atoms with Crippen molar-refractivity contribution in [2.75, 3.05) is 18.5 Å². The molecule has 1 N–H and O–H groups in total. The number of hydrogen-bond acceptors (Lipinski definition) is 3. The van der Waals surface area contributed by atoms with Gasteiger partial charge in [0.2, 0.25) is 0 Å². The standard InChI is InChI=1S/C31H29N3O/c1-24-12-11-15-26(22-24)31(35,23-33(2)27-16-7-4-8-17-27)30-32-20-21-34(30)29-19-10-9-18-28(29)25-13-5-3-6-14-25/h3-22,35H,23H2,1-2H3. The molecule has 0 aliphatic heterocycles. The molecule has 4 nitrogen and oxygen atoms in total. The topological polar surface area (TPSA) is 41.3 Å². The minimum absolute atomic E-state index is 0.338. The quantitative estimate of drug-likeness (QED) is 0.314. The molecule has 0 amide bonds. The van der Waals surface area contributed by atoms with Crippen molar-refractivity contribution in [3.05, 3.63) is 139 Å². The van der Waals surface area contributed by atoms with E-state index >= 15 is 0 Å². The van der Waals surface area contributed by atoms with Crippen LogP contribution in [-0.4, -0.2) is 28.3 Å². The number of hydrogen-bond donors (Lipinski definition) is 1. The van der Waals surface area contributed by atoms with E-state index in [0.29, 0.717) is 12.4 Å². The van der Waals surface area contributed by atoms with Gasteiger partial charge in [-0.3, -0.25) is 0 Å². The third kappa shape index (κ3) is 4.48. The van der Waals surface area contributed by atoms with Gasteiger partial charge in [-0.1, -0.05) is 96.6 Å². The average Bonchev–Trinajstić information content (AvgIpc) is 3.40. The van der Waals surface area contributed by atoms with Crippen LogP contribution in [0.4, 0.5) is 5.69 Å². The summed E-state index contributed by atoms with van der Waals surface area (Å²) in [4.78, 5) is 6.81. The van der Waals surface area contributed by atoms with Crippen LogP contribution in [0.15, 0.2) is 122 Å². The second kappa shape index (κ2) is 9.61. The van der Waals surface area contributed by atoms with Crippen molar-refractivity contribution in [3.8, 4) is 16.8 Å². The van der Waals surface area contributed by atoms with Crippen LogP contribution in [-0.2, 0) is 5.60 Å². The van der Waals surface area contributed by atoms with E-state index in [1.165, 1.54) is 0 Å². The van der Waals surface area contributed by atoms with Gasteiger partial charge in [0.1, 0.15) is 0 Å². The molecule has 0 spiro atoms. The largest absolute Gasteiger partial charge is 0.375 e. The molecule has 174 valence electrons. The maximum absolute atomic E-state index is 12.5. The number of likely N-dealkylation sites (N-methyl/N-ethyl adjacent to an activating group) is 1. The number of imidazole rings is 1. The summed E-state index contributed by atoms with van der Waals surface area (Å²) < 4.78 is 2.02. The first-order valence-electron chi connectivity index (χ1n) is 11.8. The van der Waals surface area contributed by atoms with Crippen LogP contribution in [0.3, 0.4) is 0 Å². The first-order valence-corrected chi connectivity index (χ1v) is 11.8. The molecule has 1 aromatic heterocycles. The molecule has 0 fully saturated rings. The summed E-state index contributed by atoms with van der Waals surface area (Å²) in [5.74, 6) is 0.578. The zero-order valence-electron chi connectivity index (χ0n) is 20.0. The Morgan fingerprint density at radius 3 is 2.26 bits per heavy atom. The Morgan fingerprint density at radius 2 is 1.51 bits per heavy atom. The summed E-state index contributed by atoms with van der Waals surface area (Å²) >= 11 is 0. The van der Waals surface area contributed by atoms with Crippen molar-refractivity contribution in [2.45, 2.75) is 12.5 Å². The van der Waals surface area contributed by atoms with Crippen molar-refractivity contribution in [1.29, 1.82) is 0 Å². The van der Waals surface area contributed by atoms with Gasteiger partial charge in [0, 0.05) is 30.7 Å². The average molecular weight is 460 g/mol. The Morgan fingerprint density at radius 1 is 0.829 bits per heavy atom. The van der Waals surface area contributed by atoms with Gasteiger partial charge in [0.15, 0.2) is 11.4 Å². The van der Waals surface area contributed by atoms with E-state index in [1.807, 2.05) is 110 Å². The highest BCUT2D eigenvalue weighted by Gasteiger charge is 2.38. The molecular formula is C31H29N3O. The van der Waals surface area contributed by atoms with Crippen molar-refractivity contribution >= 4 is 5.69 Å². The van der Waals surface area contributed by atoms with Gasteiger partial charge in [0.25, 0.3) is 0 Å². The fourth-order valence-electron chi connectivity index (χ4n) is 4.66. The fraction of sp³-hybridized carbons (Fsp3) is 0.129. The van der Waals surface area contributed by atoms with Crippen molar-refractivity contribution in [2.24, 2.45) is 0 Å². The Labute approximate surface area is 206 Å². The van der Waals surface area contributed by atoms with Gasteiger partial charge in [-0.25, -0.2) is 4.98 Å². The number of para-hydroxylation sites is 2. The molecule has 0 saturated carbocycles. The highest BCUT2D eigenvalue weighted by Crippen LogP contribution is 2.35. The van der Waals surface area contributed by atoms with Crippen LogP contribution in [0.5, 0.6) is 0 Å². The van der Waals surface area contributed by atoms with Crippen LogP contribution in [0.25, 0.3) is 16.8 Å². The normalized spacial score (nSPS) is 12.8. The smallest absolute Gasteiger partial charge is 0.165 e. The molecule has 4 heteroatoms. The second-order valence-corrected chi connectivity index (χ2v) is 8.93. The van der Waals surface area contributed by atoms with Crippen LogP contribution < -0.4 is 4.90 Å². The molecule has 0 radical (unpaired) electrons. The van der Waals surface area contributed by atoms with E-state index < -0.39 is 5.60 Å². The summed E-state index contributed by atoms with van der Waals surface area (Å²) in [6, 6.07) is 36.7. The van der Waals surface area contributed by atoms with Crippen molar-refractivity contribution in [1.82, 2.24) is 9.55 Å². The number of aryl methyl sites for hydroxylation is 1. The van der Waals surface area contributed by atoms with E-state index in [0.717, 1.165) is 33.6 Å². The Bertz CT molecular complexity index is 1410. The molecule has 0 aliphatic carbocycles. The van der Waals surface area contributed by atoms with E-state index in [-0.39, 0.29) is 0 Å². The highest BCUT2D eigenvalue weighted by atomic mass is 16.3. The van der Waals surface area contributed by atoms with Crippen LogP contribution in [0.1, 0.15) is 17.0 Å². The van der Waals surface area contributed by atoms with Crippen molar-refractivity contribution in [3.63, 3.8) is 0 Å². The summed E-state index contributed by atoms with van der Waals surface area (Å²) in [6.07, 6.45) is 3.70. The predicted molar refractivity (Wildman–Crippen MR) is 143 cm³/mol. The van der Waals surface area contributed by atoms with Gasteiger partial charge in [-0.15, -0.1) is 0 Å². The zero-order valence-corrected chi connectivity index (χ0v) is 20.0. The van der Waals surface area contributed by atoms with Crippen molar-refractivity contribution < 1.29 is 5.11 Å². The monoisotopic (exact) mass is 459 g/mol. The maximum atomic E-state index is 12.5. The maximum Gasteiger partial charge on any atom is 0.165 e. The highest BCUT2D eigenvalue weighted by molar-refractivity contribution is 5.73. The molecule has 5 aromatic rings. The first kappa shape index (κ1) is 22.6. The molecule has 0 bridgehead atoms. The summed E-state index contributed by atoms with van der Waals surface area (Å²) in [5.41, 5.74) is 4.74. The Kier molecular flexibility index (Phi) is 6.21.